The maximum Gasteiger partial charge on any atom is 0.0339 e. The third-order valence-corrected chi connectivity index (χ3v) is 3.44. The van der Waals surface area contributed by atoms with Crippen molar-refractivity contribution < 1.29 is 0 Å². The molecular weight excluding hydrogens is 194 g/mol. The van der Waals surface area contributed by atoms with Crippen LogP contribution >= 0.6 is 11.6 Å². The Morgan fingerprint density at radius 1 is 1.36 bits per heavy atom. The first-order chi connectivity index (χ1) is 6.68. The Bertz CT molecular complexity index is 147. The molecule has 0 radical (unpaired) electrons. The first-order valence-electron chi connectivity index (χ1n) is 6.03. The van der Waals surface area contributed by atoms with Crippen molar-refractivity contribution in [1.29, 1.82) is 0 Å². The van der Waals surface area contributed by atoms with Gasteiger partial charge in [-0.25, -0.2) is 0 Å². The molecule has 1 N–H and O–H groups in total. The van der Waals surface area contributed by atoms with Gasteiger partial charge >= 0.3 is 0 Å². The Hall–Kier alpha value is 0.250. The predicted molar refractivity (Wildman–Crippen MR) is 63.9 cm³/mol. The van der Waals surface area contributed by atoms with Crippen LogP contribution in [0.4, 0.5) is 0 Å². The highest BCUT2D eigenvalue weighted by atomic mass is 35.5. The molecule has 0 spiro atoms. The van der Waals surface area contributed by atoms with Crippen molar-refractivity contribution in [3.8, 4) is 0 Å². The second-order valence-electron chi connectivity index (χ2n) is 5.02. The zero-order chi connectivity index (χ0) is 10.4. The SMILES string of the molecule is CC(C)CCCNCC1CCC(Cl)C1. The normalized spacial score (nSPS) is 27.4. The lowest BCUT2D eigenvalue weighted by Gasteiger charge is -2.11. The van der Waals surface area contributed by atoms with Gasteiger partial charge < -0.3 is 5.32 Å². The second-order valence-corrected chi connectivity index (χ2v) is 5.63. The summed E-state index contributed by atoms with van der Waals surface area (Å²) in [6.45, 7) is 6.94. The molecule has 0 aromatic carbocycles. The number of alkyl halides is 1. The number of halogens is 1. The molecule has 0 aromatic rings. The average Bonchev–Trinajstić information content (AvgIpc) is 2.50. The molecule has 1 fully saturated rings. The van der Waals surface area contributed by atoms with Crippen molar-refractivity contribution in [3.63, 3.8) is 0 Å². The van der Waals surface area contributed by atoms with Gasteiger partial charge in [0.05, 0.1) is 0 Å². The van der Waals surface area contributed by atoms with Crippen molar-refractivity contribution in [3.05, 3.63) is 0 Å². The molecule has 1 rings (SSSR count). The fraction of sp³-hybridized carbons (Fsp3) is 1.00. The predicted octanol–water partition coefficient (Wildman–Crippen LogP) is 3.42. The standard InChI is InChI=1S/C12H24ClN/c1-10(2)4-3-7-14-9-11-5-6-12(13)8-11/h10-12,14H,3-9H2,1-2H3. The molecule has 0 heterocycles. The maximum atomic E-state index is 6.06. The van der Waals surface area contributed by atoms with Gasteiger partial charge in [-0.3, -0.25) is 0 Å². The summed E-state index contributed by atoms with van der Waals surface area (Å²) in [5.74, 6) is 1.69. The lowest BCUT2D eigenvalue weighted by atomic mass is 10.1. The lowest BCUT2D eigenvalue weighted by molar-refractivity contribution is 0.466. The van der Waals surface area contributed by atoms with Crippen LogP contribution in [0.25, 0.3) is 0 Å². The van der Waals surface area contributed by atoms with E-state index in [-0.39, 0.29) is 0 Å². The Morgan fingerprint density at radius 3 is 2.71 bits per heavy atom. The largest absolute Gasteiger partial charge is 0.316 e. The zero-order valence-electron chi connectivity index (χ0n) is 9.56. The van der Waals surface area contributed by atoms with Crippen LogP contribution in [0.5, 0.6) is 0 Å². The molecule has 0 bridgehead atoms. The van der Waals surface area contributed by atoms with Gasteiger partial charge in [-0.05, 0) is 57.0 Å². The highest BCUT2D eigenvalue weighted by Gasteiger charge is 2.21. The molecule has 0 aliphatic heterocycles. The minimum atomic E-state index is 0.456. The van der Waals surface area contributed by atoms with Crippen LogP contribution in [-0.2, 0) is 0 Å². The van der Waals surface area contributed by atoms with E-state index < -0.39 is 0 Å². The summed E-state index contributed by atoms with van der Waals surface area (Å²) in [6.07, 6.45) is 6.43. The van der Waals surface area contributed by atoms with E-state index in [9.17, 15) is 0 Å². The van der Waals surface area contributed by atoms with Gasteiger partial charge in [-0.2, -0.15) is 0 Å². The first-order valence-corrected chi connectivity index (χ1v) is 6.47. The van der Waals surface area contributed by atoms with E-state index in [4.69, 9.17) is 11.6 Å². The molecule has 1 saturated carbocycles. The molecule has 84 valence electrons. The maximum absolute atomic E-state index is 6.06. The van der Waals surface area contributed by atoms with Crippen LogP contribution in [0.15, 0.2) is 0 Å². The molecule has 2 atom stereocenters. The summed E-state index contributed by atoms with van der Waals surface area (Å²) in [4.78, 5) is 0. The molecule has 1 nitrogen and oxygen atoms in total. The van der Waals surface area contributed by atoms with Gasteiger partial charge in [-0.1, -0.05) is 13.8 Å². The first kappa shape index (κ1) is 12.3. The van der Waals surface area contributed by atoms with Crippen LogP contribution in [0.3, 0.4) is 0 Å². The second kappa shape index (κ2) is 6.68. The average molecular weight is 218 g/mol. The lowest BCUT2D eigenvalue weighted by Crippen LogP contribution is -2.22. The summed E-state index contributed by atoms with van der Waals surface area (Å²) in [7, 11) is 0. The molecule has 0 amide bonds. The van der Waals surface area contributed by atoms with Gasteiger partial charge in [0.15, 0.2) is 0 Å². The van der Waals surface area contributed by atoms with E-state index in [1.165, 1.54) is 45.2 Å². The van der Waals surface area contributed by atoms with Crippen molar-refractivity contribution in [1.82, 2.24) is 5.32 Å². The monoisotopic (exact) mass is 217 g/mol. The van der Waals surface area contributed by atoms with Crippen molar-refractivity contribution in [2.45, 2.75) is 51.3 Å². The molecule has 1 aliphatic carbocycles. The molecule has 14 heavy (non-hydrogen) atoms. The number of hydrogen-bond acceptors (Lipinski definition) is 1. The van der Waals surface area contributed by atoms with Gasteiger partial charge in [0.25, 0.3) is 0 Å². The highest BCUT2D eigenvalue weighted by molar-refractivity contribution is 6.20. The van der Waals surface area contributed by atoms with Gasteiger partial charge in [0, 0.05) is 5.38 Å². The van der Waals surface area contributed by atoms with Gasteiger partial charge in [0.1, 0.15) is 0 Å². The summed E-state index contributed by atoms with van der Waals surface area (Å²) >= 11 is 6.06. The Kier molecular flexibility index (Phi) is 5.88. The summed E-state index contributed by atoms with van der Waals surface area (Å²) in [5.41, 5.74) is 0. The number of nitrogens with one attached hydrogen (secondary N) is 1. The minimum Gasteiger partial charge on any atom is -0.316 e. The molecule has 0 saturated heterocycles. The van der Waals surface area contributed by atoms with E-state index in [1.54, 1.807) is 0 Å². The summed E-state index contributed by atoms with van der Waals surface area (Å²) in [5, 5.41) is 4.00. The van der Waals surface area contributed by atoms with Crippen LogP contribution in [0.2, 0.25) is 0 Å². The molecule has 1 aliphatic rings. The van der Waals surface area contributed by atoms with E-state index in [0.717, 1.165) is 11.8 Å². The summed E-state index contributed by atoms with van der Waals surface area (Å²) < 4.78 is 0. The number of rotatable bonds is 6. The summed E-state index contributed by atoms with van der Waals surface area (Å²) in [6, 6.07) is 0. The fourth-order valence-corrected chi connectivity index (χ4v) is 2.52. The topological polar surface area (TPSA) is 12.0 Å². The van der Waals surface area contributed by atoms with Crippen LogP contribution in [-0.4, -0.2) is 18.5 Å². The van der Waals surface area contributed by atoms with E-state index in [0.29, 0.717) is 5.38 Å². The number of hydrogen-bond donors (Lipinski definition) is 1. The van der Waals surface area contributed by atoms with Gasteiger partial charge in [0.2, 0.25) is 0 Å². The molecule has 2 unspecified atom stereocenters. The fourth-order valence-electron chi connectivity index (χ4n) is 2.14. The third-order valence-electron chi connectivity index (χ3n) is 3.05. The smallest absolute Gasteiger partial charge is 0.0339 e. The highest BCUT2D eigenvalue weighted by Crippen LogP contribution is 2.28. The quantitative estimate of drug-likeness (QED) is 0.531. The van der Waals surface area contributed by atoms with Crippen LogP contribution in [0, 0.1) is 11.8 Å². The Balaban J connectivity index is 1.89. The van der Waals surface area contributed by atoms with Crippen LogP contribution in [0.1, 0.15) is 46.0 Å². The third kappa shape index (κ3) is 5.21. The van der Waals surface area contributed by atoms with Gasteiger partial charge in [-0.15, -0.1) is 11.6 Å². The minimum absolute atomic E-state index is 0.456. The van der Waals surface area contributed by atoms with Crippen molar-refractivity contribution in [2.24, 2.45) is 11.8 Å². The van der Waals surface area contributed by atoms with E-state index >= 15 is 0 Å². The molecule has 0 aromatic heterocycles. The molecule has 2 heteroatoms. The Labute approximate surface area is 93.6 Å². The van der Waals surface area contributed by atoms with Crippen molar-refractivity contribution >= 4 is 11.6 Å². The van der Waals surface area contributed by atoms with E-state index in [2.05, 4.69) is 19.2 Å². The van der Waals surface area contributed by atoms with Crippen LogP contribution < -0.4 is 5.32 Å². The zero-order valence-corrected chi connectivity index (χ0v) is 10.3. The molecular formula is C12H24ClN. The Morgan fingerprint density at radius 2 is 2.14 bits per heavy atom. The van der Waals surface area contributed by atoms with E-state index in [1.807, 2.05) is 0 Å². The van der Waals surface area contributed by atoms with Crippen molar-refractivity contribution in [2.75, 3.05) is 13.1 Å².